The quantitative estimate of drug-likeness (QED) is 0.615. The molecule has 0 bridgehead atoms. The second-order valence-electron chi connectivity index (χ2n) is 2.32. The summed E-state index contributed by atoms with van der Waals surface area (Å²) in [5.74, 6) is -0.913. The number of carboxylic acids is 1. The van der Waals surface area contributed by atoms with E-state index in [-0.39, 0.29) is 0 Å². The van der Waals surface area contributed by atoms with Gasteiger partial charge in [-0.3, -0.25) is 0 Å². The fourth-order valence-electron chi connectivity index (χ4n) is 0.755. The lowest BCUT2D eigenvalue weighted by Gasteiger charge is -2.03. The maximum atomic E-state index is 10.5. The Morgan fingerprint density at radius 3 is 2.75 bits per heavy atom. The van der Waals surface area contributed by atoms with Crippen LogP contribution in [0.15, 0.2) is 4.36 Å². The highest BCUT2D eigenvalue weighted by molar-refractivity contribution is 8.12. The Balaban J connectivity index is 3.79. The lowest BCUT2D eigenvalue weighted by Crippen LogP contribution is -2.17. The number of aliphatic carboxylic acids is 1. The minimum atomic E-state index is -0.913. The number of rotatable bonds is 6. The van der Waals surface area contributed by atoms with Crippen molar-refractivity contribution < 1.29 is 9.90 Å². The summed E-state index contributed by atoms with van der Waals surface area (Å²) >= 11 is 4.49. The summed E-state index contributed by atoms with van der Waals surface area (Å²) in [5, 5.41) is 8.62. The van der Waals surface area contributed by atoms with Crippen LogP contribution in [0, 0.1) is 0 Å². The van der Waals surface area contributed by atoms with Gasteiger partial charge >= 0.3 is 5.97 Å². The normalized spacial score (nSPS) is 12.1. The first-order valence-corrected chi connectivity index (χ1v) is 5.34. The van der Waals surface area contributed by atoms with E-state index in [9.17, 15) is 4.79 Å². The molecule has 0 saturated carbocycles. The van der Waals surface area contributed by atoms with Gasteiger partial charge in [0.15, 0.2) is 6.04 Å². The third kappa shape index (κ3) is 5.34. The van der Waals surface area contributed by atoms with Crippen LogP contribution in [0.25, 0.3) is 0 Å². The van der Waals surface area contributed by atoms with Crippen molar-refractivity contribution in [3.63, 3.8) is 0 Å². The van der Waals surface area contributed by atoms with Gasteiger partial charge in [0.25, 0.3) is 0 Å². The van der Waals surface area contributed by atoms with Crippen molar-refractivity contribution in [1.29, 1.82) is 0 Å². The first-order chi connectivity index (χ1) is 5.72. The molecule has 0 aliphatic carbocycles. The molecule has 0 amide bonds. The molecule has 0 aliphatic heterocycles. The van der Waals surface area contributed by atoms with Gasteiger partial charge in [0.05, 0.1) is 0 Å². The SMILES string of the molecule is NCCCCC(N=S=S)C(=O)O. The number of hydrogen-bond acceptors (Lipinski definition) is 4. The molecule has 12 heavy (non-hydrogen) atoms. The van der Waals surface area contributed by atoms with Gasteiger partial charge in [-0.25, -0.2) is 9.16 Å². The molecule has 0 fully saturated rings. The second kappa shape index (κ2) is 7.33. The van der Waals surface area contributed by atoms with Crippen molar-refractivity contribution in [3.05, 3.63) is 0 Å². The van der Waals surface area contributed by atoms with E-state index < -0.39 is 12.0 Å². The van der Waals surface area contributed by atoms with Gasteiger partial charge < -0.3 is 10.8 Å². The van der Waals surface area contributed by atoms with E-state index in [0.29, 0.717) is 13.0 Å². The largest absolute Gasteiger partial charge is 0.480 e. The van der Waals surface area contributed by atoms with Crippen molar-refractivity contribution in [2.75, 3.05) is 6.54 Å². The Labute approximate surface area is 79.5 Å². The zero-order valence-corrected chi connectivity index (χ0v) is 8.24. The van der Waals surface area contributed by atoms with E-state index in [0.717, 1.165) is 23.0 Å². The summed E-state index contributed by atoms with van der Waals surface area (Å²) in [7, 11) is 0.792. The van der Waals surface area contributed by atoms with Crippen molar-refractivity contribution in [2.24, 2.45) is 10.1 Å². The zero-order chi connectivity index (χ0) is 9.40. The van der Waals surface area contributed by atoms with Crippen LogP contribution in [0.5, 0.6) is 0 Å². The van der Waals surface area contributed by atoms with E-state index in [2.05, 4.69) is 15.6 Å². The monoisotopic (exact) mass is 208 g/mol. The molecule has 0 aromatic carbocycles. The van der Waals surface area contributed by atoms with Crippen LogP contribution >= 0.6 is 0 Å². The van der Waals surface area contributed by atoms with Crippen LogP contribution in [0.4, 0.5) is 0 Å². The molecule has 0 aliphatic rings. The molecule has 70 valence electrons. The van der Waals surface area contributed by atoms with Gasteiger partial charge in [0, 0.05) is 21.3 Å². The van der Waals surface area contributed by atoms with Crippen LogP contribution in [-0.4, -0.2) is 23.7 Å². The van der Waals surface area contributed by atoms with Gasteiger partial charge in [-0.1, -0.05) is 0 Å². The van der Waals surface area contributed by atoms with E-state index in [1.165, 1.54) is 0 Å². The van der Waals surface area contributed by atoms with E-state index in [1.807, 2.05) is 0 Å². The van der Waals surface area contributed by atoms with Crippen LogP contribution in [0.1, 0.15) is 19.3 Å². The molecular weight excluding hydrogens is 196 g/mol. The van der Waals surface area contributed by atoms with Crippen molar-refractivity contribution in [3.8, 4) is 0 Å². The van der Waals surface area contributed by atoms with E-state index in [1.54, 1.807) is 0 Å². The average Bonchev–Trinajstić information content (AvgIpc) is 2.03. The highest BCUT2D eigenvalue weighted by atomic mass is 32.8. The van der Waals surface area contributed by atoms with E-state index in [4.69, 9.17) is 10.8 Å². The van der Waals surface area contributed by atoms with Crippen molar-refractivity contribution in [2.45, 2.75) is 25.3 Å². The first kappa shape index (κ1) is 11.7. The van der Waals surface area contributed by atoms with Crippen LogP contribution in [0.2, 0.25) is 0 Å². The summed E-state index contributed by atoms with van der Waals surface area (Å²) in [5.41, 5.74) is 5.26. The fourth-order valence-corrected chi connectivity index (χ4v) is 1.37. The predicted octanol–water partition coefficient (Wildman–Crippen LogP) is 0.297. The molecule has 0 aromatic rings. The average molecular weight is 208 g/mol. The Kier molecular flexibility index (Phi) is 7.12. The third-order valence-corrected chi connectivity index (χ3v) is 1.99. The lowest BCUT2D eigenvalue weighted by atomic mass is 10.1. The minimum Gasteiger partial charge on any atom is -0.480 e. The summed E-state index contributed by atoms with van der Waals surface area (Å²) in [6.07, 6.45) is 2.14. The number of nitrogens with two attached hydrogens (primary N) is 1. The van der Waals surface area contributed by atoms with Crippen molar-refractivity contribution in [1.82, 2.24) is 0 Å². The highest BCUT2D eigenvalue weighted by Crippen LogP contribution is 2.03. The Bertz CT molecular complexity index is 190. The van der Waals surface area contributed by atoms with Crippen LogP contribution in [0.3, 0.4) is 0 Å². The smallest absolute Gasteiger partial charge is 0.329 e. The zero-order valence-electron chi connectivity index (χ0n) is 6.60. The topological polar surface area (TPSA) is 75.7 Å². The molecule has 0 radical (unpaired) electrons. The van der Waals surface area contributed by atoms with Gasteiger partial charge in [-0.05, 0) is 25.8 Å². The number of nitrogens with zero attached hydrogens (tertiary/aromatic N) is 1. The summed E-state index contributed by atoms with van der Waals surface area (Å²) in [6.45, 7) is 0.591. The molecule has 0 aromatic heterocycles. The number of carboxylic acid groups (broad SMARTS) is 1. The van der Waals surface area contributed by atoms with Gasteiger partial charge in [0.2, 0.25) is 0 Å². The Morgan fingerprint density at radius 2 is 2.33 bits per heavy atom. The number of carbonyl (C=O) groups is 1. The van der Waals surface area contributed by atoms with Crippen LogP contribution in [-0.2, 0) is 26.1 Å². The molecule has 0 saturated heterocycles. The van der Waals surface area contributed by atoms with Crippen molar-refractivity contribution >= 4 is 27.3 Å². The Hall–Kier alpha value is -0.330. The maximum Gasteiger partial charge on any atom is 0.329 e. The van der Waals surface area contributed by atoms with Gasteiger partial charge in [-0.2, -0.15) is 0 Å². The maximum absolute atomic E-state index is 10.5. The molecule has 0 spiro atoms. The fraction of sp³-hybridized carbons (Fsp3) is 0.833. The second-order valence-corrected chi connectivity index (χ2v) is 3.13. The third-order valence-electron chi connectivity index (χ3n) is 1.39. The van der Waals surface area contributed by atoms with Crippen LogP contribution < -0.4 is 5.73 Å². The molecule has 0 heterocycles. The highest BCUT2D eigenvalue weighted by Gasteiger charge is 2.14. The molecule has 0 rings (SSSR count). The molecule has 6 heteroatoms. The molecule has 1 unspecified atom stereocenters. The summed E-state index contributed by atoms with van der Waals surface area (Å²) in [4.78, 5) is 10.5. The number of unbranched alkanes of at least 4 members (excludes halogenated alkanes) is 1. The predicted molar refractivity (Wildman–Crippen MR) is 51.5 cm³/mol. The summed E-state index contributed by atoms with van der Waals surface area (Å²) < 4.78 is 3.69. The molecular formula is C6H12N2O2S2. The van der Waals surface area contributed by atoms with Gasteiger partial charge in [0.1, 0.15) is 0 Å². The molecule has 4 nitrogen and oxygen atoms in total. The minimum absolute atomic E-state index is 0.524. The lowest BCUT2D eigenvalue weighted by molar-refractivity contribution is -0.138. The standard InChI is InChI=1S/C6H12N2O2S2/c7-4-2-1-3-5(6(9)10)8-12-11/h5H,1-4,7H2,(H,9,10). The summed E-state index contributed by atoms with van der Waals surface area (Å²) in [6, 6.07) is -0.668. The molecule has 1 atom stereocenters. The van der Waals surface area contributed by atoms with Gasteiger partial charge in [-0.15, -0.1) is 0 Å². The molecule has 3 N–H and O–H groups in total. The first-order valence-electron chi connectivity index (χ1n) is 3.64. The number of hydrogen-bond donors (Lipinski definition) is 2. The van der Waals surface area contributed by atoms with E-state index >= 15 is 0 Å². The Morgan fingerprint density at radius 1 is 1.67 bits per heavy atom.